The fraction of sp³-hybridized carbons (Fsp3) is 0.391. The van der Waals surface area contributed by atoms with Crippen molar-refractivity contribution in [2.45, 2.75) is 104 Å². The summed E-state index contributed by atoms with van der Waals surface area (Å²) in [6, 6.07) is 36.5. The predicted octanol–water partition coefficient (Wildman–Crippen LogP) is 14.2. The standard InChI is InChI=1S/C46H53BrN2O/c1-30(2)34-24-38(48(37-19-16-35(17-20-37)45(3,4)5)40-28-44(50-29-40)32-12-10-9-11-13-32)27-39(25-34)49(43-23-31-14-15-33(43)22-31)42-21-18-36(26-41(42)47)46(6,7)8/h9-13,16-21,24-31,33,43H,14-15,22-23H2,1-8H3. The van der Waals surface area contributed by atoms with Gasteiger partial charge in [0.25, 0.3) is 0 Å². The van der Waals surface area contributed by atoms with E-state index in [0.29, 0.717) is 17.9 Å². The van der Waals surface area contributed by atoms with E-state index in [1.54, 1.807) is 0 Å². The van der Waals surface area contributed by atoms with E-state index in [4.69, 9.17) is 4.42 Å². The molecule has 0 aliphatic heterocycles. The van der Waals surface area contributed by atoms with Gasteiger partial charge in [-0.15, -0.1) is 0 Å². The molecule has 0 amide bonds. The fourth-order valence-electron chi connectivity index (χ4n) is 8.18. The highest BCUT2D eigenvalue weighted by Gasteiger charge is 2.43. The summed E-state index contributed by atoms with van der Waals surface area (Å²) >= 11 is 4.09. The zero-order valence-corrected chi connectivity index (χ0v) is 32.7. The van der Waals surface area contributed by atoms with Gasteiger partial charge in [0.2, 0.25) is 0 Å². The average molecular weight is 730 g/mol. The summed E-state index contributed by atoms with van der Waals surface area (Å²) in [5.74, 6) is 2.76. The van der Waals surface area contributed by atoms with Crippen molar-refractivity contribution in [3.63, 3.8) is 0 Å². The topological polar surface area (TPSA) is 19.6 Å². The molecule has 2 saturated carbocycles. The van der Waals surface area contributed by atoms with E-state index < -0.39 is 0 Å². The lowest BCUT2D eigenvalue weighted by molar-refractivity contribution is 0.413. The summed E-state index contributed by atoms with van der Waals surface area (Å²) in [6.07, 6.45) is 7.21. The van der Waals surface area contributed by atoms with Gasteiger partial charge in [-0.2, -0.15) is 0 Å². The molecule has 3 unspecified atom stereocenters. The molecular formula is C46H53BrN2O. The van der Waals surface area contributed by atoms with Crippen molar-refractivity contribution >= 4 is 44.4 Å². The van der Waals surface area contributed by atoms with Gasteiger partial charge < -0.3 is 14.2 Å². The normalized spacial score (nSPS) is 19.0. The maximum Gasteiger partial charge on any atom is 0.136 e. The van der Waals surface area contributed by atoms with Crippen LogP contribution in [0.25, 0.3) is 11.3 Å². The number of hydrogen-bond acceptors (Lipinski definition) is 3. The van der Waals surface area contributed by atoms with Gasteiger partial charge in [0.1, 0.15) is 12.0 Å². The van der Waals surface area contributed by atoms with Crippen molar-refractivity contribution < 1.29 is 4.42 Å². The van der Waals surface area contributed by atoms with Crippen LogP contribution in [0.2, 0.25) is 0 Å². The van der Waals surface area contributed by atoms with Gasteiger partial charge in [0.05, 0.1) is 11.4 Å². The van der Waals surface area contributed by atoms with Crippen LogP contribution >= 0.6 is 15.9 Å². The number of fused-ring (bicyclic) bond motifs is 2. The average Bonchev–Trinajstić information content (AvgIpc) is 3.84. The lowest BCUT2D eigenvalue weighted by atomic mass is 9.86. The van der Waals surface area contributed by atoms with Crippen LogP contribution in [0.15, 0.2) is 112 Å². The molecule has 3 atom stereocenters. The molecule has 260 valence electrons. The largest absolute Gasteiger partial charge is 0.462 e. The van der Waals surface area contributed by atoms with Gasteiger partial charge in [-0.3, -0.25) is 0 Å². The first-order valence-corrected chi connectivity index (χ1v) is 19.3. The minimum atomic E-state index is 0.0707. The van der Waals surface area contributed by atoms with Crippen molar-refractivity contribution in [3.8, 4) is 11.3 Å². The van der Waals surface area contributed by atoms with Gasteiger partial charge in [0.15, 0.2) is 0 Å². The second-order valence-electron chi connectivity index (χ2n) is 17.1. The van der Waals surface area contributed by atoms with Crippen molar-refractivity contribution in [2.75, 3.05) is 9.80 Å². The Labute approximate surface area is 308 Å². The van der Waals surface area contributed by atoms with Crippen molar-refractivity contribution in [1.82, 2.24) is 0 Å². The van der Waals surface area contributed by atoms with Crippen LogP contribution in [0.3, 0.4) is 0 Å². The first-order valence-electron chi connectivity index (χ1n) is 18.5. The highest BCUT2D eigenvalue weighted by Crippen LogP contribution is 2.52. The monoisotopic (exact) mass is 728 g/mol. The molecule has 4 aromatic carbocycles. The Balaban J connectivity index is 1.41. The molecule has 2 aliphatic rings. The number of rotatable bonds is 8. The van der Waals surface area contributed by atoms with Crippen LogP contribution in [0, 0.1) is 11.8 Å². The minimum Gasteiger partial charge on any atom is -0.462 e. The summed E-state index contributed by atoms with van der Waals surface area (Å²) in [5, 5.41) is 0. The van der Waals surface area contributed by atoms with Gasteiger partial charge in [-0.1, -0.05) is 110 Å². The quantitative estimate of drug-likeness (QED) is 0.159. The third-order valence-corrected chi connectivity index (χ3v) is 11.8. The molecule has 2 bridgehead atoms. The Kier molecular flexibility index (Phi) is 9.30. The summed E-state index contributed by atoms with van der Waals surface area (Å²) in [4.78, 5) is 5.08. The van der Waals surface area contributed by atoms with Gasteiger partial charge in [-0.05, 0) is 123 Å². The molecular weight excluding hydrogens is 676 g/mol. The highest BCUT2D eigenvalue weighted by atomic mass is 79.9. The Morgan fingerprint density at radius 3 is 1.96 bits per heavy atom. The maximum atomic E-state index is 6.29. The van der Waals surface area contributed by atoms with Crippen molar-refractivity contribution in [3.05, 3.63) is 124 Å². The molecule has 7 rings (SSSR count). The van der Waals surface area contributed by atoms with Gasteiger partial charge >= 0.3 is 0 Å². The molecule has 2 aliphatic carbocycles. The molecule has 0 saturated heterocycles. The predicted molar refractivity (Wildman–Crippen MR) is 216 cm³/mol. The summed E-state index contributed by atoms with van der Waals surface area (Å²) in [6.45, 7) is 18.3. The molecule has 4 heteroatoms. The lowest BCUT2D eigenvalue weighted by Gasteiger charge is -2.38. The molecule has 0 spiro atoms. The second kappa shape index (κ2) is 13.4. The third kappa shape index (κ3) is 6.93. The number of nitrogens with zero attached hydrogens (tertiary/aromatic N) is 2. The zero-order valence-electron chi connectivity index (χ0n) is 31.1. The van der Waals surface area contributed by atoms with E-state index in [9.17, 15) is 0 Å². The maximum absolute atomic E-state index is 6.29. The number of furan rings is 1. The summed E-state index contributed by atoms with van der Waals surface area (Å²) in [7, 11) is 0. The van der Waals surface area contributed by atoms with Crippen LogP contribution in [-0.4, -0.2) is 6.04 Å². The molecule has 0 N–H and O–H groups in total. The molecule has 3 nitrogen and oxygen atoms in total. The number of benzene rings is 4. The third-order valence-electron chi connectivity index (χ3n) is 11.1. The summed E-state index contributed by atoms with van der Waals surface area (Å²) < 4.78 is 7.46. The van der Waals surface area contributed by atoms with Crippen LogP contribution in [0.1, 0.15) is 104 Å². The minimum absolute atomic E-state index is 0.0707. The SMILES string of the molecule is CC(C)c1cc(N(c2ccc(C(C)(C)C)cc2)c2coc(-c3ccccc3)c2)cc(N(c2ccc(C(C)(C)C)cc2Br)C2CC3CCC2C3)c1. The fourth-order valence-corrected chi connectivity index (χ4v) is 8.75. The molecule has 50 heavy (non-hydrogen) atoms. The van der Waals surface area contributed by atoms with Crippen LogP contribution in [-0.2, 0) is 10.8 Å². The molecule has 5 aromatic rings. The van der Waals surface area contributed by atoms with E-state index in [-0.39, 0.29) is 10.8 Å². The number of anilines is 5. The van der Waals surface area contributed by atoms with E-state index in [2.05, 4.69) is 172 Å². The van der Waals surface area contributed by atoms with E-state index >= 15 is 0 Å². The van der Waals surface area contributed by atoms with Crippen LogP contribution in [0.4, 0.5) is 28.4 Å². The number of halogens is 1. The number of hydrogen-bond donors (Lipinski definition) is 0. The van der Waals surface area contributed by atoms with Crippen molar-refractivity contribution in [1.29, 1.82) is 0 Å². The van der Waals surface area contributed by atoms with Crippen molar-refractivity contribution in [2.24, 2.45) is 11.8 Å². The zero-order chi connectivity index (χ0) is 35.4. The second-order valence-corrected chi connectivity index (χ2v) is 18.0. The van der Waals surface area contributed by atoms with Gasteiger partial charge in [0, 0.05) is 39.2 Å². The van der Waals surface area contributed by atoms with E-state index in [0.717, 1.165) is 34.3 Å². The molecule has 1 heterocycles. The Bertz CT molecular complexity index is 1940. The van der Waals surface area contributed by atoms with Crippen LogP contribution < -0.4 is 9.80 Å². The smallest absolute Gasteiger partial charge is 0.136 e. The molecule has 1 aromatic heterocycles. The molecule has 0 radical (unpaired) electrons. The van der Waals surface area contributed by atoms with E-state index in [1.165, 1.54) is 58.2 Å². The molecule has 2 fully saturated rings. The van der Waals surface area contributed by atoms with E-state index in [1.807, 2.05) is 12.3 Å². The first-order chi connectivity index (χ1) is 23.8. The highest BCUT2D eigenvalue weighted by molar-refractivity contribution is 9.10. The van der Waals surface area contributed by atoms with Gasteiger partial charge in [-0.25, -0.2) is 0 Å². The Morgan fingerprint density at radius 2 is 1.36 bits per heavy atom. The Morgan fingerprint density at radius 1 is 0.680 bits per heavy atom. The Hall–Kier alpha value is -3.76. The first kappa shape index (κ1) is 34.7. The van der Waals surface area contributed by atoms with Crippen LogP contribution in [0.5, 0.6) is 0 Å². The summed E-state index contributed by atoms with van der Waals surface area (Å²) in [5.41, 5.74) is 11.0. The lowest BCUT2D eigenvalue weighted by Crippen LogP contribution is -2.36.